The predicted octanol–water partition coefficient (Wildman–Crippen LogP) is 4.87. The summed E-state index contributed by atoms with van der Waals surface area (Å²) >= 11 is 0. The topological polar surface area (TPSA) is 48.1 Å². The van der Waals surface area contributed by atoms with Gasteiger partial charge in [-0.15, -0.1) is 0 Å². The molecule has 2 N–H and O–H groups in total. The standard InChI is InChI=1S/C18H30N2OSi/c1-13-9-14(16-7-8-20-12-17(16)19)11-15(10-13)21-22(5,6)18(2,3)4/h7-8,11-13,15H,9-10,19H2,1-6H3. The molecule has 2 rings (SSSR count). The zero-order chi connectivity index (χ0) is 16.5. The van der Waals surface area contributed by atoms with Crippen molar-refractivity contribution in [2.45, 2.75) is 64.8 Å². The molecule has 0 bridgehead atoms. The van der Waals surface area contributed by atoms with Crippen molar-refractivity contribution >= 4 is 19.6 Å². The van der Waals surface area contributed by atoms with Crippen LogP contribution in [-0.2, 0) is 4.43 Å². The number of rotatable bonds is 3. The van der Waals surface area contributed by atoms with Gasteiger partial charge in [-0.05, 0) is 48.5 Å². The van der Waals surface area contributed by atoms with Gasteiger partial charge in [0.15, 0.2) is 8.32 Å². The molecule has 0 aliphatic heterocycles. The normalized spacial score (nSPS) is 23.3. The summed E-state index contributed by atoms with van der Waals surface area (Å²) in [6, 6.07) is 2.02. The number of allylic oxidation sites excluding steroid dienone is 1. The highest BCUT2D eigenvalue weighted by atomic mass is 28.4. The van der Waals surface area contributed by atoms with E-state index in [1.165, 1.54) is 5.57 Å². The number of nitrogens with zero attached hydrogens (tertiary/aromatic N) is 1. The summed E-state index contributed by atoms with van der Waals surface area (Å²) < 4.78 is 6.61. The van der Waals surface area contributed by atoms with Crippen LogP contribution in [0.4, 0.5) is 5.69 Å². The highest BCUT2D eigenvalue weighted by molar-refractivity contribution is 6.74. The lowest BCUT2D eigenvalue weighted by molar-refractivity contribution is 0.190. The van der Waals surface area contributed by atoms with Crippen LogP contribution < -0.4 is 5.73 Å². The minimum absolute atomic E-state index is 0.201. The fourth-order valence-electron chi connectivity index (χ4n) is 2.75. The van der Waals surface area contributed by atoms with E-state index in [9.17, 15) is 0 Å². The van der Waals surface area contributed by atoms with E-state index in [-0.39, 0.29) is 11.1 Å². The average Bonchev–Trinajstić information content (AvgIpc) is 2.36. The van der Waals surface area contributed by atoms with E-state index in [4.69, 9.17) is 10.2 Å². The summed E-state index contributed by atoms with van der Waals surface area (Å²) in [5, 5.41) is 0.234. The van der Waals surface area contributed by atoms with E-state index in [0.717, 1.165) is 24.1 Å². The van der Waals surface area contributed by atoms with Crippen LogP contribution in [-0.4, -0.2) is 19.4 Å². The van der Waals surface area contributed by atoms with Gasteiger partial charge in [-0.25, -0.2) is 0 Å². The van der Waals surface area contributed by atoms with Crippen LogP contribution in [0.2, 0.25) is 18.1 Å². The first-order valence-electron chi connectivity index (χ1n) is 8.18. The van der Waals surface area contributed by atoms with Crippen LogP contribution in [0.5, 0.6) is 0 Å². The fourth-order valence-corrected chi connectivity index (χ4v) is 4.03. The van der Waals surface area contributed by atoms with Crippen LogP contribution in [0.1, 0.15) is 46.1 Å². The van der Waals surface area contributed by atoms with E-state index < -0.39 is 8.32 Å². The zero-order valence-electron chi connectivity index (χ0n) is 14.8. The van der Waals surface area contributed by atoms with Crippen LogP contribution >= 0.6 is 0 Å². The Labute approximate surface area is 136 Å². The molecule has 0 aromatic carbocycles. The van der Waals surface area contributed by atoms with Gasteiger partial charge in [0.05, 0.1) is 18.0 Å². The van der Waals surface area contributed by atoms with Gasteiger partial charge in [-0.1, -0.05) is 33.8 Å². The van der Waals surface area contributed by atoms with Crippen molar-refractivity contribution < 1.29 is 4.43 Å². The first kappa shape index (κ1) is 17.2. The Hall–Kier alpha value is -1.13. The second kappa shape index (κ2) is 6.17. The smallest absolute Gasteiger partial charge is 0.192 e. The van der Waals surface area contributed by atoms with E-state index in [1.54, 1.807) is 6.20 Å². The van der Waals surface area contributed by atoms with Gasteiger partial charge in [0.1, 0.15) is 0 Å². The maximum Gasteiger partial charge on any atom is 0.192 e. The predicted molar refractivity (Wildman–Crippen MR) is 97.1 cm³/mol. The van der Waals surface area contributed by atoms with Crippen LogP contribution in [0.3, 0.4) is 0 Å². The van der Waals surface area contributed by atoms with Gasteiger partial charge >= 0.3 is 0 Å². The molecule has 1 aromatic rings. The lowest BCUT2D eigenvalue weighted by Crippen LogP contribution is -2.44. The molecule has 2 unspecified atom stereocenters. The van der Waals surface area contributed by atoms with Crippen molar-refractivity contribution in [3.8, 4) is 0 Å². The van der Waals surface area contributed by atoms with Crippen molar-refractivity contribution in [3.63, 3.8) is 0 Å². The molecule has 1 aliphatic carbocycles. The molecular weight excluding hydrogens is 288 g/mol. The molecule has 0 radical (unpaired) electrons. The molecule has 1 aliphatic rings. The Morgan fingerprint density at radius 1 is 1.32 bits per heavy atom. The van der Waals surface area contributed by atoms with Crippen molar-refractivity contribution in [3.05, 3.63) is 30.1 Å². The number of pyridine rings is 1. The monoisotopic (exact) mass is 318 g/mol. The third kappa shape index (κ3) is 3.79. The second-order valence-corrected chi connectivity index (χ2v) is 12.9. The first-order valence-corrected chi connectivity index (χ1v) is 11.1. The zero-order valence-corrected chi connectivity index (χ0v) is 15.8. The Morgan fingerprint density at radius 3 is 2.59 bits per heavy atom. The minimum atomic E-state index is -1.75. The third-order valence-electron chi connectivity index (χ3n) is 5.04. The SMILES string of the molecule is CC1CC(c2ccncc2N)=CC(O[Si](C)(C)C(C)(C)C)C1. The molecule has 3 nitrogen and oxygen atoms in total. The van der Waals surface area contributed by atoms with Crippen molar-refractivity contribution in [2.24, 2.45) is 5.92 Å². The lowest BCUT2D eigenvalue weighted by Gasteiger charge is -2.40. The number of aromatic nitrogens is 1. The molecule has 0 amide bonds. The molecule has 1 aromatic heterocycles. The van der Waals surface area contributed by atoms with Gasteiger partial charge in [0.25, 0.3) is 0 Å². The quantitative estimate of drug-likeness (QED) is 0.809. The molecule has 2 atom stereocenters. The molecule has 0 fully saturated rings. The van der Waals surface area contributed by atoms with E-state index >= 15 is 0 Å². The summed E-state index contributed by atoms with van der Waals surface area (Å²) in [6.07, 6.45) is 8.21. The summed E-state index contributed by atoms with van der Waals surface area (Å²) in [5.74, 6) is 0.613. The van der Waals surface area contributed by atoms with Crippen molar-refractivity contribution in [2.75, 3.05) is 5.73 Å². The number of nitrogens with two attached hydrogens (primary N) is 1. The summed E-state index contributed by atoms with van der Waals surface area (Å²) in [7, 11) is -1.75. The van der Waals surface area contributed by atoms with Gasteiger partial charge in [-0.3, -0.25) is 4.98 Å². The highest BCUT2D eigenvalue weighted by Gasteiger charge is 2.39. The minimum Gasteiger partial charge on any atom is -0.411 e. The molecule has 22 heavy (non-hydrogen) atoms. The molecular formula is C18H30N2OSi. The maximum absolute atomic E-state index is 6.61. The molecule has 0 saturated carbocycles. The van der Waals surface area contributed by atoms with E-state index in [0.29, 0.717) is 5.92 Å². The Kier molecular flexibility index (Phi) is 4.83. The Balaban J connectivity index is 2.27. The van der Waals surface area contributed by atoms with Crippen LogP contribution in [0.25, 0.3) is 5.57 Å². The van der Waals surface area contributed by atoms with Gasteiger partial charge in [-0.2, -0.15) is 0 Å². The number of hydrogen-bond donors (Lipinski definition) is 1. The van der Waals surface area contributed by atoms with E-state index in [1.807, 2.05) is 12.3 Å². The Bertz CT molecular complexity index is 560. The van der Waals surface area contributed by atoms with Crippen molar-refractivity contribution in [1.29, 1.82) is 0 Å². The molecule has 122 valence electrons. The van der Waals surface area contributed by atoms with Crippen LogP contribution in [0, 0.1) is 5.92 Å². The third-order valence-corrected chi connectivity index (χ3v) is 9.54. The lowest BCUT2D eigenvalue weighted by atomic mass is 9.85. The van der Waals surface area contributed by atoms with Crippen molar-refractivity contribution in [1.82, 2.24) is 4.98 Å². The number of hydrogen-bond acceptors (Lipinski definition) is 3. The summed E-state index contributed by atoms with van der Waals surface area (Å²) in [4.78, 5) is 4.09. The molecule has 4 heteroatoms. The summed E-state index contributed by atoms with van der Waals surface area (Å²) in [6.45, 7) is 13.8. The van der Waals surface area contributed by atoms with Gasteiger partial charge < -0.3 is 10.2 Å². The van der Waals surface area contributed by atoms with Gasteiger partial charge in [0, 0.05) is 11.8 Å². The summed E-state index contributed by atoms with van der Waals surface area (Å²) in [5.41, 5.74) is 9.29. The second-order valence-electron chi connectivity index (χ2n) is 8.12. The van der Waals surface area contributed by atoms with Gasteiger partial charge in [0.2, 0.25) is 0 Å². The maximum atomic E-state index is 6.61. The highest BCUT2D eigenvalue weighted by Crippen LogP contribution is 2.40. The molecule has 1 heterocycles. The molecule has 0 saturated heterocycles. The van der Waals surface area contributed by atoms with Crippen LogP contribution in [0.15, 0.2) is 24.5 Å². The largest absolute Gasteiger partial charge is 0.411 e. The average molecular weight is 319 g/mol. The molecule has 0 spiro atoms. The number of nitrogen functional groups attached to an aromatic ring is 1. The first-order chi connectivity index (χ1) is 10.1. The Morgan fingerprint density at radius 2 is 2.00 bits per heavy atom. The number of anilines is 1. The fraction of sp³-hybridized carbons (Fsp3) is 0.611. The van der Waals surface area contributed by atoms with E-state index in [2.05, 4.69) is 51.8 Å².